The Balaban J connectivity index is 1.68. The standard InChI is InChI=1S/C26H28ClFN2O6S2/c1-17-22(26(31)36-12-11-30(2)15-18-7-4-3-5-8-18)24(23-19(27)9-6-10-20(23)28)25-21(29-17)16-37(32,33)13-14-38(25,34)35/h3-10,24,29H,11-16H2,1-2H3/t24-/m0/s1. The Morgan fingerprint density at radius 1 is 1.11 bits per heavy atom. The number of hydrogen-bond donors (Lipinski definition) is 1. The first-order valence-electron chi connectivity index (χ1n) is 11.9. The Morgan fingerprint density at radius 3 is 2.50 bits per heavy atom. The molecule has 2 aliphatic heterocycles. The maximum absolute atomic E-state index is 15.2. The van der Waals surface area contributed by atoms with Gasteiger partial charge < -0.3 is 10.1 Å². The molecule has 38 heavy (non-hydrogen) atoms. The topological polar surface area (TPSA) is 110 Å². The molecule has 0 bridgehead atoms. The molecule has 2 aromatic rings. The second-order valence-corrected chi connectivity index (χ2v) is 14.0. The number of nitrogens with zero attached hydrogens (tertiary/aromatic N) is 1. The van der Waals surface area contributed by atoms with Crippen molar-refractivity contribution in [1.82, 2.24) is 10.2 Å². The average Bonchev–Trinajstić information content (AvgIpc) is 2.91. The van der Waals surface area contributed by atoms with E-state index in [1.807, 2.05) is 42.3 Å². The quantitative estimate of drug-likeness (QED) is 0.496. The lowest BCUT2D eigenvalue weighted by Gasteiger charge is -2.31. The minimum Gasteiger partial charge on any atom is -0.461 e. The molecule has 8 nitrogen and oxygen atoms in total. The maximum atomic E-state index is 15.2. The number of sulfone groups is 2. The van der Waals surface area contributed by atoms with Crippen molar-refractivity contribution in [1.29, 1.82) is 0 Å². The smallest absolute Gasteiger partial charge is 0.336 e. The van der Waals surface area contributed by atoms with Gasteiger partial charge in [0.05, 0.1) is 33.7 Å². The molecule has 0 spiro atoms. The van der Waals surface area contributed by atoms with E-state index >= 15 is 4.39 Å². The molecule has 0 unspecified atom stereocenters. The molecule has 2 heterocycles. The maximum Gasteiger partial charge on any atom is 0.336 e. The third-order valence-electron chi connectivity index (χ3n) is 6.46. The van der Waals surface area contributed by atoms with Crippen molar-refractivity contribution in [2.75, 3.05) is 37.5 Å². The fraction of sp³-hybridized carbons (Fsp3) is 0.346. The second kappa shape index (κ2) is 11.2. The largest absolute Gasteiger partial charge is 0.461 e. The van der Waals surface area contributed by atoms with Gasteiger partial charge in [-0.3, -0.25) is 4.90 Å². The summed E-state index contributed by atoms with van der Waals surface area (Å²) in [6.45, 7) is 2.49. The number of ether oxygens (including phenoxy) is 1. The van der Waals surface area contributed by atoms with Gasteiger partial charge in [0.2, 0.25) is 0 Å². The Labute approximate surface area is 227 Å². The minimum absolute atomic E-state index is 0.0102. The number of benzene rings is 2. The van der Waals surface area contributed by atoms with Crippen molar-refractivity contribution in [3.05, 3.63) is 92.4 Å². The summed E-state index contributed by atoms with van der Waals surface area (Å²) in [6.07, 6.45) is 0. The molecule has 2 aliphatic rings. The number of esters is 1. The van der Waals surface area contributed by atoms with E-state index in [0.29, 0.717) is 13.1 Å². The van der Waals surface area contributed by atoms with Crippen LogP contribution in [0.5, 0.6) is 0 Å². The van der Waals surface area contributed by atoms with E-state index in [1.165, 1.54) is 19.1 Å². The van der Waals surface area contributed by atoms with Crippen molar-refractivity contribution in [2.45, 2.75) is 19.4 Å². The van der Waals surface area contributed by atoms with Gasteiger partial charge in [-0.1, -0.05) is 48.0 Å². The molecule has 0 aromatic heterocycles. The third kappa shape index (κ3) is 6.12. The van der Waals surface area contributed by atoms with E-state index < -0.39 is 54.6 Å². The van der Waals surface area contributed by atoms with Gasteiger partial charge in [0.1, 0.15) is 12.4 Å². The van der Waals surface area contributed by atoms with Crippen LogP contribution in [0.15, 0.2) is 70.4 Å². The summed E-state index contributed by atoms with van der Waals surface area (Å²) >= 11 is 6.35. The number of nitrogens with one attached hydrogen (secondary N) is 1. The number of dihydropyridines is 1. The molecule has 0 amide bonds. The van der Waals surface area contributed by atoms with Crippen molar-refractivity contribution >= 4 is 37.2 Å². The monoisotopic (exact) mass is 582 g/mol. The van der Waals surface area contributed by atoms with Crippen LogP contribution in [-0.2, 0) is 35.8 Å². The van der Waals surface area contributed by atoms with Gasteiger partial charge in [0.15, 0.2) is 19.7 Å². The number of hydrogen-bond acceptors (Lipinski definition) is 8. The third-order valence-corrected chi connectivity index (χ3v) is 10.5. The molecule has 0 radical (unpaired) electrons. The summed E-state index contributed by atoms with van der Waals surface area (Å²) in [5, 5.41) is 2.70. The van der Waals surface area contributed by atoms with Gasteiger partial charge >= 0.3 is 5.97 Å². The molecule has 0 saturated carbocycles. The molecule has 4 rings (SSSR count). The van der Waals surface area contributed by atoms with Gasteiger partial charge in [-0.2, -0.15) is 0 Å². The number of carbonyl (C=O) groups is 1. The predicted molar refractivity (Wildman–Crippen MR) is 143 cm³/mol. The molecule has 1 N–H and O–H groups in total. The summed E-state index contributed by atoms with van der Waals surface area (Å²) in [4.78, 5) is 15.0. The number of carbonyl (C=O) groups excluding carboxylic acids is 1. The Morgan fingerprint density at radius 2 is 1.82 bits per heavy atom. The first-order chi connectivity index (χ1) is 17.9. The fourth-order valence-electron chi connectivity index (χ4n) is 4.67. The first kappa shape index (κ1) is 28.3. The molecular formula is C26H28ClFN2O6S2. The molecule has 2 aromatic carbocycles. The number of allylic oxidation sites excluding steroid dienone is 2. The first-order valence-corrected chi connectivity index (χ1v) is 15.7. The van der Waals surface area contributed by atoms with Crippen LogP contribution in [0, 0.1) is 5.82 Å². The summed E-state index contributed by atoms with van der Waals surface area (Å²) < 4.78 is 72.5. The normalized spacial score (nSPS) is 20.5. The lowest BCUT2D eigenvalue weighted by molar-refractivity contribution is -0.139. The van der Waals surface area contributed by atoms with Gasteiger partial charge in [-0.05, 0) is 31.7 Å². The van der Waals surface area contributed by atoms with Crippen LogP contribution < -0.4 is 5.32 Å². The highest BCUT2D eigenvalue weighted by molar-refractivity contribution is 7.98. The highest BCUT2D eigenvalue weighted by atomic mass is 35.5. The van der Waals surface area contributed by atoms with E-state index in [1.54, 1.807) is 0 Å². The molecule has 204 valence electrons. The molecule has 0 aliphatic carbocycles. The summed E-state index contributed by atoms with van der Waals surface area (Å²) in [5.41, 5.74) is 0.785. The van der Waals surface area contributed by atoms with E-state index in [2.05, 4.69) is 5.32 Å². The second-order valence-electron chi connectivity index (χ2n) is 9.35. The Hall–Kier alpha value is -2.73. The fourth-order valence-corrected chi connectivity index (χ4v) is 9.05. The molecule has 0 saturated heterocycles. The minimum atomic E-state index is -4.22. The van der Waals surface area contributed by atoms with E-state index in [4.69, 9.17) is 16.3 Å². The van der Waals surface area contributed by atoms with Crippen LogP contribution in [0.3, 0.4) is 0 Å². The highest BCUT2D eigenvalue weighted by Gasteiger charge is 2.45. The van der Waals surface area contributed by atoms with Gasteiger partial charge in [-0.15, -0.1) is 0 Å². The average molecular weight is 583 g/mol. The Bertz CT molecular complexity index is 1500. The molecule has 1 atom stereocenters. The predicted octanol–water partition coefficient (Wildman–Crippen LogP) is 3.17. The lowest BCUT2D eigenvalue weighted by atomic mass is 9.86. The van der Waals surface area contributed by atoms with Crippen molar-refractivity contribution in [3.8, 4) is 0 Å². The SMILES string of the molecule is CC1=C(C(=O)OCCN(C)Cc2ccccc2)[C@@H](c2c(F)cccc2Cl)C2=C(CS(=O)(=O)CCS2(=O)=O)N1. The number of likely N-dealkylation sites (N-methyl/N-ethyl adjacent to an activating group) is 1. The summed E-state index contributed by atoms with van der Waals surface area (Å²) in [5.74, 6) is -5.00. The van der Waals surface area contributed by atoms with Crippen LogP contribution in [0.1, 0.15) is 24.0 Å². The van der Waals surface area contributed by atoms with Crippen LogP contribution in [0.25, 0.3) is 0 Å². The summed E-state index contributed by atoms with van der Waals surface area (Å²) in [6, 6.07) is 13.6. The van der Waals surface area contributed by atoms with Gasteiger partial charge in [0, 0.05) is 35.1 Å². The van der Waals surface area contributed by atoms with E-state index in [0.717, 1.165) is 11.6 Å². The van der Waals surface area contributed by atoms with Gasteiger partial charge in [-0.25, -0.2) is 26.0 Å². The van der Waals surface area contributed by atoms with Crippen LogP contribution >= 0.6 is 11.6 Å². The molecule has 0 fully saturated rings. The van der Waals surface area contributed by atoms with Crippen molar-refractivity contribution in [3.63, 3.8) is 0 Å². The van der Waals surface area contributed by atoms with Crippen LogP contribution in [0.2, 0.25) is 5.02 Å². The highest BCUT2D eigenvalue weighted by Crippen LogP contribution is 2.45. The van der Waals surface area contributed by atoms with E-state index in [-0.39, 0.29) is 39.1 Å². The number of rotatable bonds is 7. The zero-order valence-corrected chi connectivity index (χ0v) is 23.3. The summed E-state index contributed by atoms with van der Waals surface area (Å²) in [7, 11) is -6.12. The molecule has 12 heteroatoms. The zero-order valence-electron chi connectivity index (χ0n) is 20.9. The van der Waals surface area contributed by atoms with Gasteiger partial charge in [0.25, 0.3) is 0 Å². The number of halogens is 2. The zero-order chi connectivity index (χ0) is 27.7. The van der Waals surface area contributed by atoms with Crippen LogP contribution in [-0.4, -0.2) is 65.2 Å². The Kier molecular flexibility index (Phi) is 8.32. The van der Waals surface area contributed by atoms with Crippen molar-refractivity contribution < 1.29 is 30.8 Å². The molecular weight excluding hydrogens is 555 g/mol. The van der Waals surface area contributed by atoms with Crippen LogP contribution in [0.4, 0.5) is 4.39 Å². The van der Waals surface area contributed by atoms with E-state index in [9.17, 15) is 21.6 Å². The van der Waals surface area contributed by atoms with Crippen molar-refractivity contribution in [2.24, 2.45) is 0 Å². The lowest BCUT2D eigenvalue weighted by Crippen LogP contribution is -2.35.